The second-order valence-corrected chi connectivity index (χ2v) is 6.45. The minimum absolute atomic E-state index is 0.0862. The molecule has 5 nitrogen and oxygen atoms in total. The zero-order valence-electron chi connectivity index (χ0n) is 11.8. The quantitative estimate of drug-likeness (QED) is 0.557. The Hall–Kier alpha value is -0.670. The van der Waals surface area contributed by atoms with Crippen LogP contribution in [0.4, 0.5) is 4.79 Å². The Kier molecular flexibility index (Phi) is 7.32. The number of hydrogen-bond acceptors (Lipinski definition) is 3. The summed E-state index contributed by atoms with van der Waals surface area (Å²) in [7, 11) is -2.12. The number of hydrogen-bond donors (Lipinski definition) is 2. The van der Waals surface area contributed by atoms with Gasteiger partial charge in [-0.1, -0.05) is 20.3 Å². The number of alkyl carbamates (subject to hydrolysis) is 1. The molecular weight excluding hydrogens is 265 g/mol. The van der Waals surface area contributed by atoms with Gasteiger partial charge in [-0.2, -0.15) is 4.89 Å². The highest BCUT2D eigenvalue weighted by molar-refractivity contribution is 7.38. The van der Waals surface area contributed by atoms with Crippen molar-refractivity contribution < 1.29 is 19.0 Å². The lowest BCUT2D eigenvalue weighted by molar-refractivity contribution is 0.140. The highest BCUT2D eigenvalue weighted by atomic mass is 31.1. The monoisotopic (exact) mass is 290 g/mol. The molecule has 1 saturated carbocycles. The first kappa shape index (κ1) is 16.4. The molecular formula is C13H25NO4P+. The van der Waals surface area contributed by atoms with Crippen LogP contribution in [0.1, 0.15) is 52.4 Å². The zero-order valence-corrected chi connectivity index (χ0v) is 12.7. The number of carbonyl (C=O) groups excluding carboxylic acids is 1. The van der Waals surface area contributed by atoms with Gasteiger partial charge < -0.3 is 10.1 Å². The van der Waals surface area contributed by atoms with Crippen molar-refractivity contribution in [1.29, 1.82) is 0 Å². The molecule has 1 aliphatic carbocycles. The Bertz CT molecular complexity index is 311. The van der Waals surface area contributed by atoms with Crippen LogP contribution in [-0.4, -0.2) is 29.3 Å². The maximum absolute atomic E-state index is 11.5. The Morgan fingerprint density at radius 2 is 2.21 bits per heavy atom. The second kappa shape index (κ2) is 8.49. The van der Waals surface area contributed by atoms with Gasteiger partial charge in [0.25, 0.3) is 0 Å². The molecule has 0 aromatic carbocycles. The van der Waals surface area contributed by atoms with Crippen molar-refractivity contribution in [2.45, 2.75) is 64.1 Å². The zero-order chi connectivity index (χ0) is 14.3. The van der Waals surface area contributed by atoms with Crippen LogP contribution in [0.3, 0.4) is 0 Å². The molecule has 0 saturated heterocycles. The van der Waals surface area contributed by atoms with Gasteiger partial charge in [-0.25, -0.2) is 4.79 Å². The summed E-state index contributed by atoms with van der Waals surface area (Å²) >= 11 is 0. The van der Waals surface area contributed by atoms with E-state index in [2.05, 4.69) is 5.32 Å². The fourth-order valence-corrected chi connectivity index (χ4v) is 3.63. The Labute approximate surface area is 116 Å². The summed E-state index contributed by atoms with van der Waals surface area (Å²) in [6, 6.07) is 0.0862. The van der Waals surface area contributed by atoms with E-state index in [1.807, 2.05) is 13.8 Å². The van der Waals surface area contributed by atoms with Crippen LogP contribution in [0.2, 0.25) is 0 Å². The van der Waals surface area contributed by atoms with Crippen LogP contribution in [0, 0.1) is 5.92 Å². The van der Waals surface area contributed by atoms with Crippen molar-refractivity contribution in [2.75, 3.05) is 6.61 Å². The summed E-state index contributed by atoms with van der Waals surface area (Å²) in [5.41, 5.74) is -0.141. The highest BCUT2D eigenvalue weighted by Crippen LogP contribution is 2.40. The summed E-state index contributed by atoms with van der Waals surface area (Å²) in [6.45, 7) is 4.44. The molecule has 1 rings (SSSR count). The Morgan fingerprint density at radius 3 is 2.79 bits per heavy atom. The van der Waals surface area contributed by atoms with E-state index in [1.165, 1.54) is 0 Å². The molecule has 4 unspecified atom stereocenters. The lowest BCUT2D eigenvalue weighted by atomic mass is 10.0. The SMILES string of the molecule is CCCCOC(=O)NC1CCC(C(CC)[P+](=O)O)C1. The van der Waals surface area contributed by atoms with Crippen LogP contribution >= 0.6 is 8.03 Å². The van der Waals surface area contributed by atoms with Crippen molar-refractivity contribution in [2.24, 2.45) is 5.92 Å². The first-order chi connectivity index (χ1) is 9.08. The molecule has 110 valence electrons. The number of carbonyl (C=O) groups is 1. The summed E-state index contributed by atoms with van der Waals surface area (Å²) in [6.07, 6.45) is 4.78. The van der Waals surface area contributed by atoms with Gasteiger partial charge in [0.15, 0.2) is 5.66 Å². The second-order valence-electron chi connectivity index (χ2n) is 5.18. The van der Waals surface area contributed by atoms with Crippen molar-refractivity contribution in [3.05, 3.63) is 0 Å². The number of nitrogens with one attached hydrogen (secondary N) is 1. The van der Waals surface area contributed by atoms with Crippen molar-refractivity contribution in [3.8, 4) is 0 Å². The normalized spacial score (nSPS) is 24.9. The Morgan fingerprint density at radius 1 is 1.47 bits per heavy atom. The van der Waals surface area contributed by atoms with Gasteiger partial charge in [0.1, 0.15) is 0 Å². The predicted molar refractivity (Wildman–Crippen MR) is 74.4 cm³/mol. The third-order valence-corrected chi connectivity index (χ3v) is 5.13. The van der Waals surface area contributed by atoms with E-state index in [1.54, 1.807) is 0 Å². The fraction of sp³-hybridized carbons (Fsp3) is 0.923. The molecule has 1 aliphatic rings. The average molecular weight is 290 g/mol. The largest absolute Gasteiger partial charge is 0.508 e. The molecule has 4 atom stereocenters. The van der Waals surface area contributed by atoms with Gasteiger partial charge in [-0.15, -0.1) is 0 Å². The van der Waals surface area contributed by atoms with E-state index in [9.17, 15) is 14.3 Å². The van der Waals surface area contributed by atoms with Gasteiger partial charge in [-0.05, 0) is 36.7 Å². The number of unbranched alkanes of at least 4 members (excludes halogenated alkanes) is 1. The molecule has 6 heteroatoms. The lowest BCUT2D eigenvalue weighted by Gasteiger charge is -2.14. The van der Waals surface area contributed by atoms with E-state index in [4.69, 9.17) is 4.74 Å². The van der Waals surface area contributed by atoms with E-state index < -0.39 is 8.03 Å². The first-order valence-corrected chi connectivity index (χ1v) is 8.45. The van der Waals surface area contributed by atoms with E-state index in [0.717, 1.165) is 32.1 Å². The highest BCUT2D eigenvalue weighted by Gasteiger charge is 2.40. The van der Waals surface area contributed by atoms with Crippen molar-refractivity contribution in [3.63, 3.8) is 0 Å². The van der Waals surface area contributed by atoms with Gasteiger partial charge in [0, 0.05) is 12.0 Å². The van der Waals surface area contributed by atoms with Gasteiger partial charge in [0.2, 0.25) is 0 Å². The molecule has 0 bridgehead atoms. The van der Waals surface area contributed by atoms with Gasteiger partial charge in [0.05, 0.1) is 6.61 Å². The van der Waals surface area contributed by atoms with Crippen LogP contribution in [0.15, 0.2) is 0 Å². The summed E-state index contributed by atoms with van der Waals surface area (Å²) < 4.78 is 16.3. The first-order valence-electron chi connectivity index (χ1n) is 7.17. The van der Waals surface area contributed by atoms with E-state index >= 15 is 0 Å². The molecule has 1 fully saturated rings. The minimum Gasteiger partial charge on any atom is -0.450 e. The van der Waals surface area contributed by atoms with Crippen LogP contribution in [0.25, 0.3) is 0 Å². The number of rotatable bonds is 7. The van der Waals surface area contributed by atoms with Crippen LogP contribution < -0.4 is 5.32 Å². The molecule has 0 radical (unpaired) electrons. The van der Waals surface area contributed by atoms with Crippen molar-refractivity contribution in [1.82, 2.24) is 5.32 Å². The molecule has 1 amide bonds. The van der Waals surface area contributed by atoms with Crippen LogP contribution in [0.5, 0.6) is 0 Å². The number of amides is 1. The molecule has 19 heavy (non-hydrogen) atoms. The van der Waals surface area contributed by atoms with E-state index in [0.29, 0.717) is 13.0 Å². The molecule has 0 spiro atoms. The fourth-order valence-electron chi connectivity index (χ4n) is 2.68. The molecule has 0 aliphatic heterocycles. The molecule has 0 heterocycles. The lowest BCUT2D eigenvalue weighted by Crippen LogP contribution is -2.34. The summed E-state index contributed by atoms with van der Waals surface area (Å²) in [5.74, 6) is 0.236. The van der Waals surface area contributed by atoms with Crippen molar-refractivity contribution >= 4 is 14.1 Å². The molecule has 0 aromatic heterocycles. The third kappa shape index (κ3) is 5.45. The molecule has 2 N–H and O–H groups in total. The maximum Gasteiger partial charge on any atom is 0.508 e. The smallest absolute Gasteiger partial charge is 0.450 e. The van der Waals surface area contributed by atoms with E-state index in [-0.39, 0.29) is 23.7 Å². The summed E-state index contributed by atoms with van der Waals surface area (Å²) in [4.78, 5) is 20.8. The van der Waals surface area contributed by atoms with Gasteiger partial charge in [-0.3, -0.25) is 0 Å². The van der Waals surface area contributed by atoms with Crippen LogP contribution in [-0.2, 0) is 9.30 Å². The minimum atomic E-state index is -2.12. The third-order valence-electron chi connectivity index (χ3n) is 3.77. The Balaban J connectivity index is 2.31. The number of ether oxygens (including phenoxy) is 1. The maximum atomic E-state index is 11.5. The molecule has 0 aromatic rings. The summed E-state index contributed by atoms with van der Waals surface area (Å²) in [5, 5.41) is 2.85. The standard InChI is InChI=1S/C13H24NO4P/c1-3-5-8-18-13(15)14-11-7-6-10(9-11)12(4-2)19(16)17/h10-12H,3-9H2,1-2H3,(H-,14,15,16,17)/p+1. The van der Waals surface area contributed by atoms with Gasteiger partial charge >= 0.3 is 14.1 Å². The predicted octanol–water partition coefficient (Wildman–Crippen LogP) is 3.19. The topological polar surface area (TPSA) is 75.6 Å². The average Bonchev–Trinajstić information content (AvgIpc) is 2.78.